The Bertz CT molecular complexity index is 1150. The minimum Gasteiger partial charge on any atom is -0.304 e. The molecule has 2 heterocycles. The van der Waals surface area contributed by atoms with Gasteiger partial charge in [0.05, 0.1) is 17.5 Å². The summed E-state index contributed by atoms with van der Waals surface area (Å²) < 4.78 is 0. The lowest BCUT2D eigenvalue weighted by Crippen LogP contribution is -2.49. The zero-order valence-corrected chi connectivity index (χ0v) is 17.9. The highest BCUT2D eigenvalue weighted by Gasteiger charge is 2.63. The van der Waals surface area contributed by atoms with Gasteiger partial charge in [-0.25, -0.2) is 0 Å². The Kier molecular flexibility index (Phi) is 4.60. The Balaban J connectivity index is 1.68. The quantitative estimate of drug-likeness (QED) is 0.568. The first kappa shape index (κ1) is 19.2. The van der Waals surface area contributed by atoms with Crippen LogP contribution < -0.4 is 9.80 Å². The molecule has 0 radical (unpaired) electrons. The Morgan fingerprint density at radius 3 is 2.37 bits per heavy atom. The maximum absolute atomic E-state index is 14.0. The number of halogens is 1. The smallest absolute Gasteiger partial charge is 0.269 e. The van der Waals surface area contributed by atoms with E-state index in [0.717, 1.165) is 22.5 Å². The van der Waals surface area contributed by atoms with E-state index >= 15 is 0 Å². The van der Waals surface area contributed by atoms with Gasteiger partial charge < -0.3 is 4.90 Å². The second-order valence-electron chi connectivity index (χ2n) is 7.41. The number of hydrogen-bond donors (Lipinski definition) is 0. The second kappa shape index (κ2) is 7.18. The topological polar surface area (TPSA) is 40.6 Å². The first-order chi connectivity index (χ1) is 14.5. The van der Waals surface area contributed by atoms with Crippen LogP contribution in [0.1, 0.15) is 18.1 Å². The van der Waals surface area contributed by atoms with Gasteiger partial charge in [0, 0.05) is 16.3 Å². The summed E-state index contributed by atoms with van der Waals surface area (Å²) >= 11 is 7.80. The highest BCUT2D eigenvalue weighted by molar-refractivity contribution is 8.03. The van der Waals surface area contributed by atoms with Crippen LogP contribution in [0, 0.1) is 0 Å². The SMILES string of the molecule is C[C@H]1S[C@@]2(C(=O)N(Cc3ccccc3Cl)c3ccccc32)N(c2ccccc2)C1=O. The Morgan fingerprint density at radius 2 is 1.60 bits per heavy atom. The van der Waals surface area contributed by atoms with Gasteiger partial charge in [0.25, 0.3) is 5.91 Å². The summed E-state index contributed by atoms with van der Waals surface area (Å²) in [6, 6.07) is 24.7. The molecule has 2 amide bonds. The maximum atomic E-state index is 14.0. The number of carbonyl (C=O) groups is 2. The van der Waals surface area contributed by atoms with Gasteiger partial charge in [-0.2, -0.15) is 0 Å². The van der Waals surface area contributed by atoms with Crippen molar-refractivity contribution < 1.29 is 9.59 Å². The van der Waals surface area contributed by atoms with Crippen molar-refractivity contribution in [3.63, 3.8) is 0 Å². The third kappa shape index (κ3) is 2.69. The predicted molar refractivity (Wildman–Crippen MR) is 122 cm³/mol. The van der Waals surface area contributed by atoms with Crippen molar-refractivity contribution in [2.24, 2.45) is 0 Å². The van der Waals surface area contributed by atoms with Gasteiger partial charge >= 0.3 is 0 Å². The summed E-state index contributed by atoms with van der Waals surface area (Å²) in [7, 11) is 0. The van der Waals surface area contributed by atoms with Gasteiger partial charge in [0.1, 0.15) is 0 Å². The standard InChI is InChI=1S/C24H19ClN2O2S/c1-16-22(28)27(18-10-3-2-4-11-18)24(30-16)19-12-6-8-14-21(19)26(23(24)29)15-17-9-5-7-13-20(17)25/h2-14,16H,15H2,1H3/t16-,24+/m1/s1. The molecule has 2 aliphatic rings. The fraction of sp³-hybridized carbons (Fsp3) is 0.167. The lowest BCUT2D eigenvalue weighted by atomic mass is 10.0. The monoisotopic (exact) mass is 434 g/mol. The Hall–Kier alpha value is -2.76. The fourth-order valence-corrected chi connectivity index (χ4v) is 5.99. The van der Waals surface area contributed by atoms with Gasteiger partial charge in [-0.05, 0) is 36.8 Å². The van der Waals surface area contributed by atoms with Gasteiger partial charge in [0.2, 0.25) is 10.8 Å². The molecule has 0 bridgehead atoms. The van der Waals surface area contributed by atoms with Crippen molar-refractivity contribution >= 4 is 46.6 Å². The molecule has 0 aliphatic carbocycles. The van der Waals surface area contributed by atoms with Gasteiger partial charge in [-0.3, -0.25) is 14.5 Å². The molecular formula is C24H19ClN2O2S. The van der Waals surface area contributed by atoms with Crippen LogP contribution in [0.5, 0.6) is 0 Å². The van der Waals surface area contributed by atoms with Crippen LogP contribution >= 0.6 is 23.4 Å². The lowest BCUT2D eigenvalue weighted by molar-refractivity contribution is -0.124. The van der Waals surface area contributed by atoms with E-state index < -0.39 is 4.87 Å². The molecule has 1 spiro atoms. The average molecular weight is 435 g/mol. The molecule has 2 aliphatic heterocycles. The molecule has 150 valence electrons. The molecule has 2 atom stereocenters. The number of para-hydroxylation sites is 2. The van der Waals surface area contributed by atoms with E-state index in [1.165, 1.54) is 11.8 Å². The van der Waals surface area contributed by atoms with Crippen molar-refractivity contribution in [1.82, 2.24) is 0 Å². The van der Waals surface area contributed by atoms with Crippen LogP contribution in [-0.2, 0) is 21.0 Å². The van der Waals surface area contributed by atoms with Crippen LogP contribution in [0.15, 0.2) is 78.9 Å². The number of rotatable bonds is 3. The molecule has 0 unspecified atom stereocenters. The summed E-state index contributed by atoms with van der Waals surface area (Å²) in [6.45, 7) is 2.22. The molecule has 30 heavy (non-hydrogen) atoms. The summed E-state index contributed by atoms with van der Waals surface area (Å²) in [5, 5.41) is 0.287. The van der Waals surface area contributed by atoms with Crippen molar-refractivity contribution in [2.75, 3.05) is 9.80 Å². The third-order valence-corrected chi connectivity index (χ3v) is 7.47. The predicted octanol–water partition coefficient (Wildman–Crippen LogP) is 5.21. The number of carbonyl (C=O) groups excluding carboxylic acids is 2. The molecule has 0 aromatic heterocycles. The zero-order chi connectivity index (χ0) is 20.9. The lowest BCUT2D eigenvalue weighted by Gasteiger charge is -2.33. The molecule has 0 saturated carbocycles. The molecule has 1 fully saturated rings. The molecule has 1 saturated heterocycles. The number of fused-ring (bicyclic) bond motifs is 2. The van der Waals surface area contributed by atoms with Crippen LogP contribution in [0.3, 0.4) is 0 Å². The van der Waals surface area contributed by atoms with E-state index in [1.807, 2.05) is 85.8 Å². The van der Waals surface area contributed by atoms with Crippen molar-refractivity contribution in [2.45, 2.75) is 23.6 Å². The van der Waals surface area contributed by atoms with Crippen LogP contribution in [0.25, 0.3) is 0 Å². The normalized spacial score (nSPS) is 22.8. The first-order valence-electron chi connectivity index (χ1n) is 9.76. The van der Waals surface area contributed by atoms with E-state index in [0.29, 0.717) is 11.6 Å². The molecule has 5 rings (SSSR count). The zero-order valence-electron chi connectivity index (χ0n) is 16.3. The fourth-order valence-electron chi connectivity index (χ4n) is 4.27. The number of amides is 2. The summed E-state index contributed by atoms with van der Waals surface area (Å²) in [5.74, 6) is -0.177. The number of nitrogens with zero attached hydrogens (tertiary/aromatic N) is 2. The maximum Gasteiger partial charge on any atom is 0.269 e. The second-order valence-corrected chi connectivity index (χ2v) is 9.35. The molecule has 3 aromatic carbocycles. The van der Waals surface area contributed by atoms with Crippen LogP contribution in [0.2, 0.25) is 5.02 Å². The third-order valence-electron chi connectivity index (χ3n) is 5.63. The Morgan fingerprint density at radius 1 is 0.933 bits per heavy atom. The van der Waals surface area contributed by atoms with E-state index in [-0.39, 0.29) is 17.1 Å². The van der Waals surface area contributed by atoms with E-state index in [9.17, 15) is 9.59 Å². The van der Waals surface area contributed by atoms with Crippen molar-refractivity contribution in [3.8, 4) is 0 Å². The highest BCUT2D eigenvalue weighted by atomic mass is 35.5. The number of benzene rings is 3. The highest BCUT2D eigenvalue weighted by Crippen LogP contribution is 2.58. The molecule has 4 nitrogen and oxygen atoms in total. The van der Waals surface area contributed by atoms with Gasteiger partial charge in [-0.1, -0.05) is 66.2 Å². The largest absolute Gasteiger partial charge is 0.304 e. The van der Waals surface area contributed by atoms with Crippen LogP contribution in [0.4, 0.5) is 11.4 Å². The summed E-state index contributed by atoms with van der Waals surface area (Å²) in [4.78, 5) is 29.6. The number of anilines is 2. The molecule has 0 N–H and O–H groups in total. The summed E-state index contributed by atoms with van der Waals surface area (Å²) in [5.41, 5.74) is 3.25. The Labute approximate surface area is 184 Å². The number of hydrogen-bond acceptors (Lipinski definition) is 3. The first-order valence-corrected chi connectivity index (χ1v) is 11.0. The van der Waals surface area contributed by atoms with Gasteiger partial charge in [0.15, 0.2) is 0 Å². The average Bonchev–Trinajstić information content (AvgIpc) is 3.16. The minimum atomic E-state index is -1.12. The van der Waals surface area contributed by atoms with E-state index in [2.05, 4.69) is 0 Å². The van der Waals surface area contributed by atoms with E-state index in [4.69, 9.17) is 11.6 Å². The minimum absolute atomic E-state index is 0.0612. The molecular weight excluding hydrogens is 416 g/mol. The van der Waals surface area contributed by atoms with E-state index in [1.54, 1.807) is 9.80 Å². The summed E-state index contributed by atoms with van der Waals surface area (Å²) in [6.07, 6.45) is 0. The molecule has 6 heteroatoms. The molecule has 3 aromatic rings. The van der Waals surface area contributed by atoms with Crippen LogP contribution in [-0.4, -0.2) is 17.1 Å². The van der Waals surface area contributed by atoms with Crippen molar-refractivity contribution in [1.29, 1.82) is 0 Å². The van der Waals surface area contributed by atoms with Crippen molar-refractivity contribution in [3.05, 3.63) is 95.0 Å². The van der Waals surface area contributed by atoms with Gasteiger partial charge in [-0.15, -0.1) is 11.8 Å². The number of thioether (sulfide) groups is 1.